The average Bonchev–Trinajstić information content (AvgIpc) is 3.03. The Bertz CT molecular complexity index is 1000. The van der Waals surface area contributed by atoms with E-state index in [1.54, 1.807) is 0 Å². The molecule has 0 N–H and O–H groups in total. The maximum atomic E-state index is 13.6. The SMILES string of the molecule is Cc1cccc(N2C(=O)C(c3ccc(OCC(C)C)cc3)=C(N3CCCCC3)C2=O)c1. The molecule has 2 amide bonds. The quantitative estimate of drug-likeness (QED) is 0.633. The summed E-state index contributed by atoms with van der Waals surface area (Å²) in [5, 5.41) is 0. The highest BCUT2D eigenvalue weighted by molar-refractivity contribution is 6.45. The van der Waals surface area contributed by atoms with Crippen molar-refractivity contribution in [2.75, 3.05) is 24.6 Å². The molecule has 0 atom stereocenters. The van der Waals surface area contributed by atoms with E-state index in [0.717, 1.165) is 49.2 Å². The first-order valence-corrected chi connectivity index (χ1v) is 11.1. The van der Waals surface area contributed by atoms with Crippen LogP contribution in [-0.2, 0) is 9.59 Å². The number of aryl methyl sites for hydroxylation is 1. The summed E-state index contributed by atoms with van der Waals surface area (Å²) in [5.74, 6) is 0.717. The summed E-state index contributed by atoms with van der Waals surface area (Å²) in [7, 11) is 0. The van der Waals surface area contributed by atoms with Gasteiger partial charge in [-0.1, -0.05) is 38.1 Å². The van der Waals surface area contributed by atoms with E-state index < -0.39 is 0 Å². The number of benzene rings is 2. The number of piperidine rings is 1. The number of hydrogen-bond acceptors (Lipinski definition) is 4. The Morgan fingerprint density at radius 2 is 1.65 bits per heavy atom. The van der Waals surface area contributed by atoms with Gasteiger partial charge in [-0.25, -0.2) is 4.90 Å². The molecule has 5 heteroatoms. The molecule has 0 unspecified atom stereocenters. The topological polar surface area (TPSA) is 49.9 Å². The zero-order valence-electron chi connectivity index (χ0n) is 18.6. The van der Waals surface area contributed by atoms with Crippen LogP contribution in [0.2, 0.25) is 0 Å². The lowest BCUT2D eigenvalue weighted by Crippen LogP contribution is -2.37. The highest BCUT2D eigenvalue weighted by Crippen LogP contribution is 2.36. The second kappa shape index (κ2) is 8.96. The number of anilines is 1. The number of carbonyl (C=O) groups is 2. The predicted molar refractivity (Wildman–Crippen MR) is 123 cm³/mol. The lowest BCUT2D eigenvalue weighted by Gasteiger charge is -2.29. The molecule has 0 spiro atoms. The molecule has 4 rings (SSSR count). The number of amides is 2. The molecule has 1 fully saturated rings. The second-order valence-electron chi connectivity index (χ2n) is 8.79. The fraction of sp³-hybridized carbons (Fsp3) is 0.385. The zero-order chi connectivity index (χ0) is 22.0. The maximum Gasteiger partial charge on any atom is 0.282 e. The third-order valence-corrected chi connectivity index (χ3v) is 5.72. The third-order valence-electron chi connectivity index (χ3n) is 5.72. The van der Waals surface area contributed by atoms with Gasteiger partial charge in [0.15, 0.2) is 0 Å². The average molecular weight is 419 g/mol. The molecule has 2 heterocycles. The Labute approximate surface area is 184 Å². The normalized spacial score (nSPS) is 17.2. The Balaban J connectivity index is 1.72. The molecule has 2 aromatic rings. The van der Waals surface area contributed by atoms with Gasteiger partial charge in [-0.3, -0.25) is 9.59 Å². The molecule has 5 nitrogen and oxygen atoms in total. The minimum Gasteiger partial charge on any atom is -0.493 e. The molecular formula is C26H30N2O3. The van der Waals surface area contributed by atoms with Gasteiger partial charge in [0.05, 0.1) is 17.9 Å². The van der Waals surface area contributed by atoms with E-state index in [-0.39, 0.29) is 11.8 Å². The first-order chi connectivity index (χ1) is 15.0. The van der Waals surface area contributed by atoms with Crippen LogP contribution < -0.4 is 9.64 Å². The fourth-order valence-electron chi connectivity index (χ4n) is 4.17. The Kier molecular flexibility index (Phi) is 6.12. The van der Waals surface area contributed by atoms with Gasteiger partial charge in [0.25, 0.3) is 11.8 Å². The van der Waals surface area contributed by atoms with Gasteiger partial charge in [-0.15, -0.1) is 0 Å². The van der Waals surface area contributed by atoms with Gasteiger partial charge in [0.2, 0.25) is 0 Å². The first kappa shape index (κ1) is 21.2. The number of ether oxygens (including phenoxy) is 1. The van der Waals surface area contributed by atoms with E-state index in [1.165, 1.54) is 4.90 Å². The summed E-state index contributed by atoms with van der Waals surface area (Å²) < 4.78 is 5.79. The Hall–Kier alpha value is -3.08. The van der Waals surface area contributed by atoms with Crippen molar-refractivity contribution >= 4 is 23.1 Å². The van der Waals surface area contributed by atoms with Crippen molar-refractivity contribution in [2.24, 2.45) is 5.92 Å². The highest BCUT2D eigenvalue weighted by atomic mass is 16.5. The van der Waals surface area contributed by atoms with Crippen LogP contribution in [0, 0.1) is 12.8 Å². The van der Waals surface area contributed by atoms with Gasteiger partial charge in [0.1, 0.15) is 11.4 Å². The lowest BCUT2D eigenvalue weighted by atomic mass is 10.0. The summed E-state index contributed by atoms with van der Waals surface area (Å²) >= 11 is 0. The number of nitrogens with zero attached hydrogens (tertiary/aromatic N) is 2. The zero-order valence-corrected chi connectivity index (χ0v) is 18.6. The van der Waals surface area contributed by atoms with E-state index in [0.29, 0.717) is 29.5 Å². The molecule has 0 radical (unpaired) electrons. The number of carbonyl (C=O) groups excluding carboxylic acids is 2. The molecule has 0 aliphatic carbocycles. The molecule has 0 aromatic heterocycles. The van der Waals surface area contributed by atoms with E-state index in [4.69, 9.17) is 4.74 Å². The maximum absolute atomic E-state index is 13.6. The van der Waals surface area contributed by atoms with Gasteiger partial charge >= 0.3 is 0 Å². The summed E-state index contributed by atoms with van der Waals surface area (Å²) in [4.78, 5) is 30.5. The summed E-state index contributed by atoms with van der Waals surface area (Å²) in [5.41, 5.74) is 3.41. The molecular weight excluding hydrogens is 388 g/mol. The largest absolute Gasteiger partial charge is 0.493 e. The summed E-state index contributed by atoms with van der Waals surface area (Å²) in [6.07, 6.45) is 3.22. The molecule has 2 aliphatic rings. The van der Waals surface area contributed by atoms with E-state index in [1.807, 2.05) is 55.5 Å². The second-order valence-corrected chi connectivity index (χ2v) is 8.79. The van der Waals surface area contributed by atoms with Crippen LogP contribution >= 0.6 is 0 Å². The van der Waals surface area contributed by atoms with Crippen molar-refractivity contribution in [3.63, 3.8) is 0 Å². The number of rotatable bonds is 6. The molecule has 1 saturated heterocycles. The third kappa shape index (κ3) is 4.36. The number of imide groups is 1. The van der Waals surface area contributed by atoms with Gasteiger partial charge in [0, 0.05) is 13.1 Å². The van der Waals surface area contributed by atoms with Crippen LogP contribution in [0.25, 0.3) is 5.57 Å². The highest BCUT2D eigenvalue weighted by Gasteiger charge is 2.42. The van der Waals surface area contributed by atoms with Gasteiger partial charge in [-0.05, 0) is 67.5 Å². The number of hydrogen-bond donors (Lipinski definition) is 0. The van der Waals surface area contributed by atoms with Crippen molar-refractivity contribution in [1.29, 1.82) is 0 Å². The van der Waals surface area contributed by atoms with Crippen LogP contribution in [-0.4, -0.2) is 36.4 Å². The van der Waals surface area contributed by atoms with Crippen molar-refractivity contribution < 1.29 is 14.3 Å². The van der Waals surface area contributed by atoms with E-state index in [2.05, 4.69) is 18.7 Å². The molecule has 2 aliphatic heterocycles. The smallest absolute Gasteiger partial charge is 0.282 e. The van der Waals surface area contributed by atoms with Crippen LogP contribution in [0.15, 0.2) is 54.2 Å². The summed E-state index contributed by atoms with van der Waals surface area (Å²) in [6, 6.07) is 15.1. The van der Waals surface area contributed by atoms with Crippen LogP contribution in [0.3, 0.4) is 0 Å². The number of likely N-dealkylation sites (tertiary alicyclic amines) is 1. The first-order valence-electron chi connectivity index (χ1n) is 11.1. The van der Waals surface area contributed by atoms with Crippen molar-refractivity contribution in [2.45, 2.75) is 40.0 Å². The Morgan fingerprint density at radius 1 is 0.935 bits per heavy atom. The lowest BCUT2D eigenvalue weighted by molar-refractivity contribution is -0.120. The molecule has 31 heavy (non-hydrogen) atoms. The van der Waals surface area contributed by atoms with Crippen LogP contribution in [0.1, 0.15) is 44.2 Å². The van der Waals surface area contributed by atoms with Crippen molar-refractivity contribution in [3.05, 3.63) is 65.4 Å². The van der Waals surface area contributed by atoms with Gasteiger partial charge < -0.3 is 9.64 Å². The molecule has 0 saturated carbocycles. The fourth-order valence-corrected chi connectivity index (χ4v) is 4.17. The van der Waals surface area contributed by atoms with Crippen LogP contribution in [0.5, 0.6) is 5.75 Å². The van der Waals surface area contributed by atoms with Crippen molar-refractivity contribution in [1.82, 2.24) is 4.90 Å². The van der Waals surface area contributed by atoms with Crippen LogP contribution in [0.4, 0.5) is 5.69 Å². The standard InChI is InChI=1S/C26H30N2O3/c1-18(2)17-31-22-12-10-20(11-13-22)23-24(27-14-5-4-6-15-27)26(30)28(25(23)29)21-9-7-8-19(3)16-21/h7-13,16,18H,4-6,14-15,17H2,1-3H3. The summed E-state index contributed by atoms with van der Waals surface area (Å²) in [6.45, 7) is 8.41. The molecule has 2 aromatic carbocycles. The minimum atomic E-state index is -0.257. The van der Waals surface area contributed by atoms with E-state index >= 15 is 0 Å². The van der Waals surface area contributed by atoms with Crippen molar-refractivity contribution in [3.8, 4) is 5.75 Å². The van der Waals surface area contributed by atoms with Gasteiger partial charge in [-0.2, -0.15) is 0 Å². The Morgan fingerprint density at radius 3 is 2.29 bits per heavy atom. The van der Waals surface area contributed by atoms with E-state index in [9.17, 15) is 9.59 Å². The predicted octanol–water partition coefficient (Wildman–Crippen LogP) is 4.80. The molecule has 162 valence electrons. The monoisotopic (exact) mass is 418 g/mol. The minimum absolute atomic E-state index is 0.229. The molecule has 0 bridgehead atoms.